The fraction of sp³-hybridized carbons (Fsp3) is 0.154. The van der Waals surface area contributed by atoms with E-state index in [9.17, 15) is 4.39 Å². The number of hydrogen-bond acceptors (Lipinski definition) is 3. The Hall–Kier alpha value is -1.59. The summed E-state index contributed by atoms with van der Waals surface area (Å²) in [6, 6.07) is 6.42. The zero-order valence-corrected chi connectivity index (χ0v) is 11.7. The van der Waals surface area contributed by atoms with Crippen LogP contribution in [0.2, 0.25) is 0 Å². The van der Waals surface area contributed by atoms with Gasteiger partial charge in [0.15, 0.2) is 10.8 Å². The van der Waals surface area contributed by atoms with E-state index in [0.717, 1.165) is 22.2 Å². The van der Waals surface area contributed by atoms with Crippen molar-refractivity contribution in [1.29, 1.82) is 0 Å². The monoisotopic (exact) mass is 295 g/mol. The van der Waals surface area contributed by atoms with Crippen molar-refractivity contribution in [2.24, 2.45) is 0 Å². The van der Waals surface area contributed by atoms with Crippen molar-refractivity contribution in [1.82, 2.24) is 9.38 Å². The predicted molar refractivity (Wildman–Crippen MR) is 77.1 cm³/mol. The Morgan fingerprint density at radius 1 is 1.47 bits per heavy atom. The van der Waals surface area contributed by atoms with Gasteiger partial charge in [-0.1, -0.05) is 6.07 Å². The summed E-state index contributed by atoms with van der Waals surface area (Å²) in [6.45, 7) is 0. The number of thiazole rings is 1. The summed E-state index contributed by atoms with van der Waals surface area (Å²) in [7, 11) is 1.86. The molecule has 0 amide bonds. The largest absolute Gasteiger partial charge is 0.328 e. The average Bonchev–Trinajstić information content (AvgIpc) is 2.97. The minimum absolute atomic E-state index is 0.266. The summed E-state index contributed by atoms with van der Waals surface area (Å²) in [5.41, 5.74) is 1.65. The van der Waals surface area contributed by atoms with Gasteiger partial charge in [0, 0.05) is 24.3 Å². The highest BCUT2D eigenvalue weighted by Crippen LogP contribution is 2.30. The number of anilines is 2. The molecule has 0 spiro atoms. The van der Waals surface area contributed by atoms with Gasteiger partial charge in [-0.3, -0.25) is 4.40 Å². The lowest BCUT2D eigenvalue weighted by Crippen LogP contribution is -2.12. The van der Waals surface area contributed by atoms with Gasteiger partial charge >= 0.3 is 0 Å². The van der Waals surface area contributed by atoms with Gasteiger partial charge in [0.25, 0.3) is 0 Å². The van der Waals surface area contributed by atoms with Crippen LogP contribution in [-0.2, 0) is 5.88 Å². The quantitative estimate of drug-likeness (QED) is 0.680. The number of benzene rings is 1. The molecule has 0 saturated heterocycles. The van der Waals surface area contributed by atoms with Crippen molar-refractivity contribution >= 4 is 39.4 Å². The molecule has 0 N–H and O–H groups in total. The second kappa shape index (κ2) is 4.83. The molecule has 0 aliphatic rings. The maximum absolute atomic E-state index is 13.3. The Balaban J connectivity index is 2.10. The van der Waals surface area contributed by atoms with Gasteiger partial charge in [0.1, 0.15) is 5.82 Å². The van der Waals surface area contributed by atoms with Crippen LogP contribution in [0.1, 0.15) is 5.69 Å². The normalized spacial score (nSPS) is 11.1. The third kappa shape index (κ3) is 2.09. The molecule has 1 aromatic carbocycles. The molecule has 0 aliphatic heterocycles. The number of aromatic nitrogens is 2. The Morgan fingerprint density at radius 2 is 2.32 bits per heavy atom. The zero-order chi connectivity index (χ0) is 13.4. The Morgan fingerprint density at radius 3 is 3.05 bits per heavy atom. The van der Waals surface area contributed by atoms with Crippen molar-refractivity contribution < 1.29 is 4.39 Å². The van der Waals surface area contributed by atoms with Crippen LogP contribution in [0, 0.1) is 5.82 Å². The first-order chi connectivity index (χ1) is 9.20. The molecule has 0 bridgehead atoms. The molecule has 6 heteroatoms. The summed E-state index contributed by atoms with van der Waals surface area (Å²) in [5.74, 6) is 0.845. The molecule has 3 rings (SSSR count). The van der Waals surface area contributed by atoms with Crippen LogP contribution in [0.5, 0.6) is 0 Å². The summed E-state index contributed by atoms with van der Waals surface area (Å²) in [4.78, 5) is 7.28. The molecular weight excluding hydrogens is 285 g/mol. The fourth-order valence-corrected chi connectivity index (χ4v) is 3.00. The summed E-state index contributed by atoms with van der Waals surface area (Å²) in [5, 5.41) is 1.96. The molecule has 0 fully saturated rings. The minimum Gasteiger partial charge on any atom is -0.328 e. The van der Waals surface area contributed by atoms with Crippen molar-refractivity contribution in [3.63, 3.8) is 0 Å². The molecule has 2 heterocycles. The molecule has 3 nitrogen and oxygen atoms in total. The molecule has 3 aromatic rings. The number of nitrogens with zero attached hydrogens (tertiary/aromatic N) is 3. The fourth-order valence-electron chi connectivity index (χ4n) is 2.02. The molecule has 98 valence electrons. The second-order valence-electron chi connectivity index (χ2n) is 4.11. The van der Waals surface area contributed by atoms with E-state index in [-0.39, 0.29) is 5.82 Å². The van der Waals surface area contributed by atoms with Crippen LogP contribution in [-0.4, -0.2) is 16.4 Å². The lowest BCUT2D eigenvalue weighted by molar-refractivity contribution is 0.628. The first kappa shape index (κ1) is 12.4. The van der Waals surface area contributed by atoms with Crippen LogP contribution in [0.3, 0.4) is 0 Å². The topological polar surface area (TPSA) is 20.5 Å². The Bertz CT molecular complexity index is 722. The van der Waals surface area contributed by atoms with Crippen LogP contribution < -0.4 is 4.90 Å². The highest BCUT2D eigenvalue weighted by molar-refractivity contribution is 7.15. The van der Waals surface area contributed by atoms with Gasteiger partial charge in [-0.25, -0.2) is 9.37 Å². The molecule has 0 saturated carbocycles. The smallest absolute Gasteiger partial charge is 0.195 e. The van der Waals surface area contributed by atoms with Crippen LogP contribution in [0.15, 0.2) is 35.8 Å². The first-order valence-electron chi connectivity index (χ1n) is 5.70. The standard InChI is InChI=1S/C13H11ClFN3S/c1-17(10-4-2-3-9(15)7-10)12-11(8-14)18-5-6-19-13(18)16-12/h2-7H,8H2,1H3. The van der Waals surface area contributed by atoms with E-state index in [1.807, 2.05) is 34.0 Å². The maximum Gasteiger partial charge on any atom is 0.195 e. The van der Waals surface area contributed by atoms with Crippen LogP contribution in [0.25, 0.3) is 4.96 Å². The lowest BCUT2D eigenvalue weighted by Gasteiger charge is -2.18. The molecule has 0 atom stereocenters. The number of fused-ring (bicyclic) bond motifs is 1. The van der Waals surface area contributed by atoms with Gasteiger partial charge in [-0.15, -0.1) is 22.9 Å². The van der Waals surface area contributed by atoms with E-state index in [0.29, 0.717) is 5.88 Å². The highest BCUT2D eigenvalue weighted by Gasteiger charge is 2.17. The molecule has 0 radical (unpaired) electrons. The predicted octanol–water partition coefficient (Wildman–Crippen LogP) is 4.04. The van der Waals surface area contributed by atoms with E-state index >= 15 is 0 Å². The number of hydrogen-bond donors (Lipinski definition) is 0. The first-order valence-corrected chi connectivity index (χ1v) is 7.12. The zero-order valence-electron chi connectivity index (χ0n) is 10.2. The van der Waals surface area contributed by atoms with Gasteiger partial charge in [-0.05, 0) is 18.2 Å². The highest BCUT2D eigenvalue weighted by atomic mass is 35.5. The van der Waals surface area contributed by atoms with Crippen LogP contribution >= 0.6 is 22.9 Å². The molecular formula is C13H11ClFN3S. The summed E-state index contributed by atoms with van der Waals surface area (Å²) in [6.07, 6.45) is 1.94. The van der Waals surface area contributed by atoms with Gasteiger partial charge < -0.3 is 4.90 Å². The van der Waals surface area contributed by atoms with E-state index in [2.05, 4.69) is 4.98 Å². The average molecular weight is 296 g/mol. The third-order valence-corrected chi connectivity index (χ3v) is 3.99. The molecule has 19 heavy (non-hydrogen) atoms. The number of halogens is 2. The number of imidazole rings is 1. The molecule has 0 aliphatic carbocycles. The third-order valence-electron chi connectivity index (χ3n) is 2.98. The van der Waals surface area contributed by atoms with Crippen molar-refractivity contribution in [2.75, 3.05) is 11.9 Å². The maximum atomic E-state index is 13.3. The van der Waals surface area contributed by atoms with Gasteiger partial charge in [0.05, 0.1) is 11.6 Å². The van der Waals surface area contributed by atoms with E-state index < -0.39 is 0 Å². The second-order valence-corrected chi connectivity index (χ2v) is 5.25. The van der Waals surface area contributed by atoms with Crippen molar-refractivity contribution in [2.45, 2.75) is 5.88 Å². The SMILES string of the molecule is CN(c1cccc(F)c1)c1nc2sccn2c1CCl. The van der Waals surface area contributed by atoms with Crippen molar-refractivity contribution in [3.05, 3.63) is 47.4 Å². The molecule has 2 aromatic heterocycles. The Kier molecular flexibility index (Phi) is 3.16. The van der Waals surface area contributed by atoms with Gasteiger partial charge in [-0.2, -0.15) is 0 Å². The number of rotatable bonds is 3. The van der Waals surface area contributed by atoms with Crippen molar-refractivity contribution in [3.8, 4) is 0 Å². The lowest BCUT2D eigenvalue weighted by atomic mass is 10.3. The summed E-state index contributed by atoms with van der Waals surface area (Å²) >= 11 is 7.56. The minimum atomic E-state index is -0.266. The number of alkyl halides is 1. The van der Waals surface area contributed by atoms with E-state index in [1.165, 1.54) is 12.1 Å². The molecule has 0 unspecified atom stereocenters. The van der Waals surface area contributed by atoms with Crippen LogP contribution in [0.4, 0.5) is 15.9 Å². The van der Waals surface area contributed by atoms with E-state index in [1.54, 1.807) is 17.4 Å². The Labute approximate surface area is 118 Å². The van der Waals surface area contributed by atoms with E-state index in [4.69, 9.17) is 11.6 Å². The van der Waals surface area contributed by atoms with Gasteiger partial charge in [0.2, 0.25) is 0 Å². The summed E-state index contributed by atoms with van der Waals surface area (Å²) < 4.78 is 15.3.